The molecule has 0 N–H and O–H groups in total. The second kappa shape index (κ2) is 7.34. The van der Waals surface area contributed by atoms with Gasteiger partial charge in [0.15, 0.2) is 10.3 Å². The molecular formula is C16H14N4OS2. The van der Waals surface area contributed by atoms with Gasteiger partial charge in [0.05, 0.1) is 11.4 Å². The van der Waals surface area contributed by atoms with Crippen molar-refractivity contribution in [3.05, 3.63) is 59.9 Å². The monoisotopic (exact) mass is 342 g/mol. The van der Waals surface area contributed by atoms with Gasteiger partial charge in [-0.15, -0.1) is 11.3 Å². The number of thioether (sulfide) groups is 1. The molecule has 0 fully saturated rings. The van der Waals surface area contributed by atoms with Gasteiger partial charge in [-0.1, -0.05) is 30.0 Å². The van der Waals surface area contributed by atoms with Gasteiger partial charge in [0, 0.05) is 30.5 Å². The summed E-state index contributed by atoms with van der Waals surface area (Å²) in [6, 6.07) is 11.3. The summed E-state index contributed by atoms with van der Waals surface area (Å²) in [4.78, 5) is 26.5. The molecule has 0 radical (unpaired) electrons. The van der Waals surface area contributed by atoms with Crippen LogP contribution in [0.15, 0.2) is 59.3 Å². The smallest absolute Gasteiger partial charge is 0.230 e. The van der Waals surface area contributed by atoms with Crippen molar-refractivity contribution in [2.45, 2.75) is 17.8 Å². The zero-order valence-electron chi connectivity index (χ0n) is 12.4. The van der Waals surface area contributed by atoms with Crippen molar-refractivity contribution >= 4 is 39.8 Å². The van der Waals surface area contributed by atoms with Crippen molar-refractivity contribution in [2.24, 2.45) is 0 Å². The van der Waals surface area contributed by atoms with Gasteiger partial charge >= 0.3 is 0 Å². The molecule has 5 nitrogen and oxygen atoms in total. The minimum atomic E-state index is -0.0591. The first-order chi connectivity index (χ1) is 11.2. The fourth-order valence-corrected chi connectivity index (χ4v) is 3.66. The number of para-hydroxylation sites is 1. The first-order valence-corrected chi connectivity index (χ1v) is 8.80. The molecule has 7 heteroatoms. The lowest BCUT2D eigenvalue weighted by molar-refractivity contribution is -0.115. The molecular weight excluding hydrogens is 328 g/mol. The highest BCUT2D eigenvalue weighted by Crippen LogP contribution is 2.30. The third kappa shape index (κ3) is 3.94. The maximum absolute atomic E-state index is 12.0. The Hall–Kier alpha value is -2.25. The number of amides is 1. The normalized spacial score (nSPS) is 10.5. The lowest BCUT2D eigenvalue weighted by Crippen LogP contribution is -2.22. The fraction of sp³-hybridized carbons (Fsp3) is 0.125. The molecule has 1 aromatic carbocycles. The van der Waals surface area contributed by atoms with Gasteiger partial charge in [0.2, 0.25) is 5.91 Å². The zero-order valence-corrected chi connectivity index (χ0v) is 14.0. The SMILES string of the molecule is CC(=O)N(c1ccccc1)c1nc(CSc2ncccn2)cs1. The van der Waals surface area contributed by atoms with E-state index >= 15 is 0 Å². The number of benzene rings is 1. The third-order valence-electron chi connectivity index (χ3n) is 2.95. The van der Waals surface area contributed by atoms with E-state index in [1.54, 1.807) is 30.3 Å². The number of hydrogen-bond acceptors (Lipinski definition) is 6. The van der Waals surface area contributed by atoms with Crippen molar-refractivity contribution < 1.29 is 4.79 Å². The van der Waals surface area contributed by atoms with Gasteiger partial charge < -0.3 is 0 Å². The lowest BCUT2D eigenvalue weighted by Gasteiger charge is -2.17. The molecule has 0 aliphatic rings. The van der Waals surface area contributed by atoms with Crippen LogP contribution in [0.3, 0.4) is 0 Å². The summed E-state index contributed by atoms with van der Waals surface area (Å²) in [6.45, 7) is 1.54. The Morgan fingerprint density at radius 1 is 1.17 bits per heavy atom. The summed E-state index contributed by atoms with van der Waals surface area (Å²) in [5, 5.41) is 3.35. The van der Waals surface area contributed by atoms with E-state index in [0.29, 0.717) is 16.0 Å². The highest BCUT2D eigenvalue weighted by atomic mass is 32.2. The predicted octanol–water partition coefficient (Wildman–Crippen LogP) is 3.91. The minimum absolute atomic E-state index is 0.0591. The topological polar surface area (TPSA) is 59.0 Å². The Bertz CT molecular complexity index is 777. The zero-order chi connectivity index (χ0) is 16.1. The number of anilines is 2. The number of nitrogens with zero attached hydrogens (tertiary/aromatic N) is 4. The van der Waals surface area contributed by atoms with Crippen molar-refractivity contribution in [2.75, 3.05) is 4.90 Å². The maximum atomic E-state index is 12.0. The first kappa shape index (κ1) is 15.6. The summed E-state index contributed by atoms with van der Waals surface area (Å²) in [7, 11) is 0. The van der Waals surface area contributed by atoms with Crippen LogP contribution in [0.5, 0.6) is 0 Å². The second-order valence-corrected chi connectivity index (χ2v) is 6.41. The van der Waals surface area contributed by atoms with E-state index in [9.17, 15) is 4.79 Å². The van der Waals surface area contributed by atoms with Crippen LogP contribution in [0, 0.1) is 0 Å². The quantitative estimate of drug-likeness (QED) is 0.520. The van der Waals surface area contributed by atoms with Gasteiger partial charge in [0.25, 0.3) is 0 Å². The first-order valence-electron chi connectivity index (χ1n) is 6.94. The fourth-order valence-electron chi connectivity index (χ4n) is 1.97. The van der Waals surface area contributed by atoms with Gasteiger partial charge in [-0.25, -0.2) is 15.0 Å². The molecule has 0 unspecified atom stereocenters. The Kier molecular flexibility index (Phi) is 4.99. The van der Waals surface area contributed by atoms with Crippen molar-refractivity contribution in [3.8, 4) is 0 Å². The van der Waals surface area contributed by atoms with E-state index < -0.39 is 0 Å². The Balaban J connectivity index is 1.76. The van der Waals surface area contributed by atoms with Crippen LogP contribution >= 0.6 is 23.1 Å². The van der Waals surface area contributed by atoms with Crippen molar-refractivity contribution in [3.63, 3.8) is 0 Å². The number of rotatable bonds is 5. The van der Waals surface area contributed by atoms with E-state index in [0.717, 1.165) is 11.4 Å². The summed E-state index contributed by atoms with van der Waals surface area (Å²) in [5.74, 6) is 0.609. The number of thiazole rings is 1. The largest absolute Gasteiger partial charge is 0.274 e. The number of hydrogen-bond donors (Lipinski definition) is 0. The molecule has 2 heterocycles. The third-order valence-corrected chi connectivity index (χ3v) is 4.74. The number of aromatic nitrogens is 3. The van der Waals surface area contributed by atoms with Crippen molar-refractivity contribution in [1.82, 2.24) is 15.0 Å². The van der Waals surface area contributed by atoms with Crippen LogP contribution < -0.4 is 4.90 Å². The summed E-state index contributed by atoms with van der Waals surface area (Å²) in [5.41, 5.74) is 1.73. The van der Waals surface area contributed by atoms with Crippen LogP contribution in [0.1, 0.15) is 12.6 Å². The Labute approximate surface area is 142 Å². The molecule has 1 amide bonds. The molecule has 3 rings (SSSR count). The molecule has 23 heavy (non-hydrogen) atoms. The van der Waals surface area contributed by atoms with Crippen LogP contribution in [0.2, 0.25) is 0 Å². The standard InChI is InChI=1S/C16H14N4OS2/c1-12(21)20(14-6-3-2-4-7-14)16-19-13(11-23-16)10-22-15-17-8-5-9-18-15/h2-9,11H,10H2,1H3. The molecule has 0 aliphatic heterocycles. The highest BCUT2D eigenvalue weighted by molar-refractivity contribution is 7.98. The van der Waals surface area contributed by atoms with Crippen molar-refractivity contribution in [1.29, 1.82) is 0 Å². The summed E-state index contributed by atoms with van der Waals surface area (Å²) < 4.78 is 0. The molecule has 0 saturated carbocycles. The van der Waals surface area contributed by atoms with Crippen LogP contribution in [0.25, 0.3) is 0 Å². The number of carbonyl (C=O) groups is 1. The summed E-state index contributed by atoms with van der Waals surface area (Å²) >= 11 is 2.98. The van der Waals surface area contributed by atoms with Gasteiger partial charge in [-0.2, -0.15) is 0 Å². The van der Waals surface area contributed by atoms with E-state index in [4.69, 9.17) is 0 Å². The molecule has 0 spiro atoms. The molecule has 2 aromatic heterocycles. The molecule has 0 atom stereocenters. The van der Waals surface area contributed by atoms with E-state index in [2.05, 4.69) is 15.0 Å². The summed E-state index contributed by atoms with van der Waals surface area (Å²) in [6.07, 6.45) is 3.43. The number of carbonyl (C=O) groups excluding carboxylic acids is 1. The average Bonchev–Trinajstić information content (AvgIpc) is 3.03. The second-order valence-electron chi connectivity index (χ2n) is 4.63. The van der Waals surface area contributed by atoms with Gasteiger partial charge in [0.1, 0.15) is 0 Å². The van der Waals surface area contributed by atoms with Gasteiger partial charge in [-0.05, 0) is 18.2 Å². The molecule has 3 aromatic rings. The van der Waals surface area contributed by atoms with Crippen LogP contribution in [0.4, 0.5) is 10.8 Å². The van der Waals surface area contributed by atoms with Crippen LogP contribution in [-0.2, 0) is 10.5 Å². The highest BCUT2D eigenvalue weighted by Gasteiger charge is 2.17. The lowest BCUT2D eigenvalue weighted by atomic mass is 10.3. The average molecular weight is 342 g/mol. The Morgan fingerprint density at radius 2 is 1.91 bits per heavy atom. The molecule has 0 bridgehead atoms. The van der Waals surface area contributed by atoms with E-state index in [1.807, 2.05) is 35.7 Å². The molecule has 116 valence electrons. The van der Waals surface area contributed by atoms with E-state index in [1.165, 1.54) is 23.1 Å². The molecule has 0 aliphatic carbocycles. The van der Waals surface area contributed by atoms with Crippen LogP contribution in [-0.4, -0.2) is 20.9 Å². The molecule has 0 saturated heterocycles. The Morgan fingerprint density at radius 3 is 2.61 bits per heavy atom. The van der Waals surface area contributed by atoms with E-state index in [-0.39, 0.29) is 5.91 Å². The minimum Gasteiger partial charge on any atom is -0.274 e. The maximum Gasteiger partial charge on any atom is 0.230 e. The van der Waals surface area contributed by atoms with Gasteiger partial charge in [-0.3, -0.25) is 9.69 Å². The predicted molar refractivity (Wildman–Crippen MR) is 93.0 cm³/mol.